The molecule has 1 saturated heterocycles. The number of halogens is 2. The van der Waals surface area contributed by atoms with E-state index in [4.69, 9.17) is 16.0 Å². The van der Waals surface area contributed by atoms with Gasteiger partial charge in [0.15, 0.2) is 5.76 Å². The summed E-state index contributed by atoms with van der Waals surface area (Å²) in [6.45, 7) is 4.86. The monoisotopic (exact) mass is 432 g/mol. The van der Waals surface area contributed by atoms with Gasteiger partial charge in [-0.1, -0.05) is 27.5 Å². The van der Waals surface area contributed by atoms with Gasteiger partial charge in [0.2, 0.25) is 0 Å². The lowest BCUT2D eigenvalue weighted by Crippen LogP contribution is -2.48. The average Bonchev–Trinajstić information content (AvgIpc) is 2.98. The summed E-state index contributed by atoms with van der Waals surface area (Å²) in [7, 11) is 0. The normalized spacial score (nSPS) is 14.9. The lowest BCUT2D eigenvalue weighted by atomic mass is 10.1. The van der Waals surface area contributed by atoms with Crippen LogP contribution in [0.5, 0.6) is 0 Å². The van der Waals surface area contributed by atoms with Gasteiger partial charge in [0.05, 0.1) is 0 Å². The number of carbonyl (C=O) groups is 1. The van der Waals surface area contributed by atoms with Crippen molar-refractivity contribution >= 4 is 50.1 Å². The third-order valence-corrected chi connectivity index (χ3v) is 5.60. The van der Waals surface area contributed by atoms with Crippen molar-refractivity contribution in [2.45, 2.75) is 6.92 Å². The molecule has 2 heterocycles. The molecule has 0 N–H and O–H groups in total. The van der Waals surface area contributed by atoms with Gasteiger partial charge in [-0.2, -0.15) is 0 Å². The third-order valence-electron chi connectivity index (χ3n) is 4.85. The number of hydrogen-bond donors (Lipinski definition) is 0. The van der Waals surface area contributed by atoms with Crippen molar-refractivity contribution in [3.63, 3.8) is 0 Å². The van der Waals surface area contributed by atoms with E-state index in [1.54, 1.807) is 0 Å². The van der Waals surface area contributed by atoms with Crippen LogP contribution in [0.1, 0.15) is 16.1 Å². The van der Waals surface area contributed by atoms with E-state index in [9.17, 15) is 4.79 Å². The molecule has 4 nitrogen and oxygen atoms in total. The number of carbonyl (C=O) groups excluding carboxylic acids is 1. The molecule has 0 unspecified atom stereocenters. The minimum Gasteiger partial charge on any atom is -0.451 e. The first-order valence-electron chi connectivity index (χ1n) is 8.51. The van der Waals surface area contributed by atoms with Crippen LogP contribution >= 0.6 is 27.5 Å². The summed E-state index contributed by atoms with van der Waals surface area (Å²) in [5.41, 5.74) is 2.77. The van der Waals surface area contributed by atoms with Gasteiger partial charge >= 0.3 is 0 Å². The molecule has 4 rings (SSSR count). The molecular weight excluding hydrogens is 416 g/mol. The van der Waals surface area contributed by atoms with Gasteiger partial charge in [0, 0.05) is 52.3 Å². The number of benzene rings is 2. The van der Waals surface area contributed by atoms with Crippen LogP contribution in [-0.4, -0.2) is 37.0 Å². The molecule has 1 amide bonds. The number of fused-ring (bicyclic) bond motifs is 1. The Balaban J connectivity index is 1.50. The summed E-state index contributed by atoms with van der Waals surface area (Å²) >= 11 is 9.43. The van der Waals surface area contributed by atoms with Crippen LogP contribution in [0.4, 0.5) is 5.69 Å². The summed E-state index contributed by atoms with van der Waals surface area (Å²) in [5, 5.41) is 1.71. The van der Waals surface area contributed by atoms with Gasteiger partial charge in [-0.15, -0.1) is 0 Å². The molecule has 1 aromatic heterocycles. The Morgan fingerprint density at radius 3 is 2.46 bits per heavy atom. The number of rotatable bonds is 2. The van der Waals surface area contributed by atoms with E-state index < -0.39 is 0 Å². The Hall–Kier alpha value is -1.98. The molecule has 3 aromatic rings. The SMILES string of the molecule is Cc1c(C(=O)N2CCN(c3ccc(Cl)cc3)CC2)oc2ccc(Br)cc12. The van der Waals surface area contributed by atoms with Gasteiger partial charge in [0.25, 0.3) is 5.91 Å². The molecule has 0 spiro atoms. The maximum Gasteiger partial charge on any atom is 0.290 e. The first-order chi connectivity index (χ1) is 12.5. The first-order valence-corrected chi connectivity index (χ1v) is 9.68. The number of nitrogens with zero attached hydrogens (tertiary/aromatic N) is 2. The maximum absolute atomic E-state index is 12.9. The number of aryl methyl sites for hydroxylation is 1. The molecule has 0 saturated carbocycles. The molecule has 2 aromatic carbocycles. The van der Waals surface area contributed by atoms with Crippen molar-refractivity contribution in [3.05, 3.63) is 63.3 Å². The van der Waals surface area contributed by atoms with Crippen LogP contribution < -0.4 is 4.90 Å². The van der Waals surface area contributed by atoms with Crippen LogP contribution in [0, 0.1) is 6.92 Å². The van der Waals surface area contributed by atoms with Gasteiger partial charge < -0.3 is 14.2 Å². The van der Waals surface area contributed by atoms with Crippen LogP contribution in [-0.2, 0) is 0 Å². The maximum atomic E-state index is 12.9. The van der Waals surface area contributed by atoms with Crippen LogP contribution in [0.2, 0.25) is 5.02 Å². The molecule has 1 aliphatic rings. The van der Waals surface area contributed by atoms with Gasteiger partial charge in [-0.05, 0) is 49.4 Å². The van der Waals surface area contributed by atoms with E-state index in [1.165, 1.54) is 0 Å². The quantitative estimate of drug-likeness (QED) is 0.563. The second kappa shape index (κ2) is 6.97. The van der Waals surface area contributed by atoms with E-state index in [0.717, 1.165) is 44.8 Å². The molecule has 26 heavy (non-hydrogen) atoms. The fraction of sp³-hybridized carbons (Fsp3) is 0.250. The fourth-order valence-electron chi connectivity index (χ4n) is 3.36. The largest absolute Gasteiger partial charge is 0.451 e. The molecule has 1 aliphatic heterocycles. The Bertz CT molecular complexity index is 960. The number of anilines is 1. The second-order valence-corrected chi connectivity index (χ2v) is 7.80. The predicted octanol–water partition coefficient (Wildman–Crippen LogP) is 5.12. The molecule has 6 heteroatoms. The summed E-state index contributed by atoms with van der Waals surface area (Å²) in [6.07, 6.45) is 0. The molecule has 0 aliphatic carbocycles. The lowest BCUT2D eigenvalue weighted by molar-refractivity contribution is 0.0716. The van der Waals surface area contributed by atoms with E-state index in [0.29, 0.717) is 18.8 Å². The summed E-state index contributed by atoms with van der Waals surface area (Å²) in [5.74, 6) is 0.406. The highest BCUT2D eigenvalue weighted by molar-refractivity contribution is 9.10. The minimum absolute atomic E-state index is 0.0365. The van der Waals surface area contributed by atoms with E-state index in [-0.39, 0.29) is 5.91 Å². The smallest absolute Gasteiger partial charge is 0.290 e. The Kier molecular flexibility index (Phi) is 4.67. The summed E-state index contributed by atoms with van der Waals surface area (Å²) < 4.78 is 6.83. The van der Waals surface area contributed by atoms with Gasteiger partial charge in [0.1, 0.15) is 5.58 Å². The Morgan fingerprint density at radius 2 is 1.77 bits per heavy atom. The highest BCUT2D eigenvalue weighted by atomic mass is 79.9. The standard InChI is InChI=1S/C20H18BrClN2O2/c1-13-17-12-14(21)2-7-18(17)26-19(13)20(25)24-10-8-23(9-11-24)16-5-3-15(22)4-6-16/h2-7,12H,8-11H2,1H3. The van der Waals surface area contributed by atoms with Crippen molar-refractivity contribution in [3.8, 4) is 0 Å². The van der Waals surface area contributed by atoms with Crippen LogP contribution in [0.15, 0.2) is 51.4 Å². The van der Waals surface area contributed by atoms with E-state index in [2.05, 4.69) is 20.8 Å². The summed E-state index contributed by atoms with van der Waals surface area (Å²) in [4.78, 5) is 17.1. The van der Waals surface area contributed by atoms with Crippen molar-refractivity contribution in [1.29, 1.82) is 0 Å². The highest BCUT2D eigenvalue weighted by Crippen LogP contribution is 2.29. The zero-order valence-corrected chi connectivity index (χ0v) is 16.7. The molecule has 0 atom stereocenters. The topological polar surface area (TPSA) is 36.7 Å². The van der Waals surface area contributed by atoms with Gasteiger partial charge in [-0.3, -0.25) is 4.79 Å². The van der Waals surface area contributed by atoms with E-state index >= 15 is 0 Å². The third kappa shape index (κ3) is 3.21. The fourth-order valence-corrected chi connectivity index (χ4v) is 3.85. The molecular formula is C20H18BrClN2O2. The van der Waals surface area contributed by atoms with Crippen LogP contribution in [0.3, 0.4) is 0 Å². The first kappa shape index (κ1) is 17.4. The summed E-state index contributed by atoms with van der Waals surface area (Å²) in [6, 6.07) is 13.6. The molecule has 0 bridgehead atoms. The zero-order valence-electron chi connectivity index (χ0n) is 14.3. The van der Waals surface area contributed by atoms with Gasteiger partial charge in [-0.25, -0.2) is 0 Å². The number of piperazine rings is 1. The van der Waals surface area contributed by atoms with Crippen molar-refractivity contribution in [2.75, 3.05) is 31.1 Å². The Labute approximate surface area is 165 Å². The highest BCUT2D eigenvalue weighted by Gasteiger charge is 2.26. The lowest BCUT2D eigenvalue weighted by Gasteiger charge is -2.35. The van der Waals surface area contributed by atoms with Crippen LogP contribution in [0.25, 0.3) is 11.0 Å². The molecule has 0 radical (unpaired) electrons. The van der Waals surface area contributed by atoms with Crippen molar-refractivity contribution in [1.82, 2.24) is 4.90 Å². The Morgan fingerprint density at radius 1 is 1.08 bits per heavy atom. The number of furan rings is 1. The number of hydrogen-bond acceptors (Lipinski definition) is 3. The molecule has 134 valence electrons. The minimum atomic E-state index is -0.0365. The van der Waals surface area contributed by atoms with Crippen molar-refractivity contribution < 1.29 is 9.21 Å². The molecule has 1 fully saturated rings. The number of amides is 1. The second-order valence-electron chi connectivity index (χ2n) is 6.45. The predicted molar refractivity (Wildman–Crippen MR) is 108 cm³/mol. The van der Waals surface area contributed by atoms with E-state index in [1.807, 2.05) is 54.3 Å². The zero-order chi connectivity index (χ0) is 18.3. The van der Waals surface area contributed by atoms with Crippen molar-refractivity contribution in [2.24, 2.45) is 0 Å². The average molecular weight is 434 g/mol.